The minimum atomic E-state index is -0.862. The van der Waals surface area contributed by atoms with Crippen LogP contribution in [-0.2, 0) is 16.1 Å². The van der Waals surface area contributed by atoms with Crippen molar-refractivity contribution in [3.8, 4) is 6.07 Å². The van der Waals surface area contributed by atoms with Gasteiger partial charge in [-0.2, -0.15) is 5.26 Å². The Labute approximate surface area is 166 Å². The van der Waals surface area contributed by atoms with Crippen molar-refractivity contribution in [2.24, 2.45) is 11.1 Å². The number of aromatic nitrogens is 1. The summed E-state index contributed by atoms with van der Waals surface area (Å²) >= 11 is 0. The highest BCUT2D eigenvalue weighted by Gasteiger charge is 2.44. The van der Waals surface area contributed by atoms with Crippen LogP contribution < -0.4 is 11.1 Å². The van der Waals surface area contributed by atoms with Crippen LogP contribution in [0, 0.1) is 16.7 Å². The van der Waals surface area contributed by atoms with Gasteiger partial charge in [-0.05, 0) is 43.9 Å². The Balaban J connectivity index is 1.78. The summed E-state index contributed by atoms with van der Waals surface area (Å²) in [5, 5.41) is 13.1. The lowest BCUT2D eigenvalue weighted by Crippen LogP contribution is -2.52. The number of rotatable bonds is 7. The highest BCUT2D eigenvalue weighted by atomic mass is 16.2. The molecule has 1 saturated carbocycles. The standard InChI is InChI=1S/C21H29N5O2/c22-15-21(10-12-25-16-21)26(14-17-5-4-11-24-13-17)18(27)6-9-20(19(23)28)7-2-1-3-8-20/h4-5,11,13,25H,1-3,6-10,12,14,16H2,(H2,23,28). The second-order valence-electron chi connectivity index (χ2n) is 8.12. The number of hydrogen-bond acceptors (Lipinski definition) is 5. The Hall–Kier alpha value is -2.46. The van der Waals surface area contributed by atoms with Crippen molar-refractivity contribution in [2.45, 2.75) is 63.5 Å². The number of nitriles is 1. The molecule has 1 unspecified atom stereocenters. The van der Waals surface area contributed by atoms with Gasteiger partial charge in [0, 0.05) is 37.3 Å². The average molecular weight is 383 g/mol. The molecule has 1 saturated heterocycles. The molecule has 0 spiro atoms. The van der Waals surface area contributed by atoms with Crippen LogP contribution in [0.2, 0.25) is 0 Å². The van der Waals surface area contributed by atoms with E-state index in [1.165, 1.54) is 0 Å². The highest BCUT2D eigenvalue weighted by molar-refractivity contribution is 5.83. The summed E-state index contributed by atoms with van der Waals surface area (Å²) in [6, 6.07) is 6.12. The van der Waals surface area contributed by atoms with E-state index in [2.05, 4.69) is 16.4 Å². The largest absolute Gasteiger partial charge is 0.369 e. The van der Waals surface area contributed by atoms with Crippen molar-refractivity contribution in [3.05, 3.63) is 30.1 Å². The Morgan fingerprint density at radius 1 is 1.29 bits per heavy atom. The number of pyridine rings is 1. The third kappa shape index (κ3) is 4.17. The summed E-state index contributed by atoms with van der Waals surface area (Å²) in [4.78, 5) is 31.2. The molecule has 2 fully saturated rings. The molecular formula is C21H29N5O2. The van der Waals surface area contributed by atoms with Crippen LogP contribution in [0.1, 0.15) is 56.9 Å². The molecule has 1 aromatic heterocycles. The second kappa shape index (κ2) is 8.70. The van der Waals surface area contributed by atoms with Crippen molar-refractivity contribution < 1.29 is 9.59 Å². The van der Waals surface area contributed by atoms with Gasteiger partial charge < -0.3 is 16.0 Å². The van der Waals surface area contributed by atoms with Crippen LogP contribution in [0.15, 0.2) is 24.5 Å². The van der Waals surface area contributed by atoms with Crippen molar-refractivity contribution in [1.29, 1.82) is 5.26 Å². The molecule has 28 heavy (non-hydrogen) atoms. The molecule has 2 amide bonds. The number of nitrogens with zero attached hydrogens (tertiary/aromatic N) is 3. The number of amides is 2. The minimum Gasteiger partial charge on any atom is -0.369 e. The predicted molar refractivity (Wildman–Crippen MR) is 105 cm³/mol. The highest BCUT2D eigenvalue weighted by Crippen LogP contribution is 2.40. The van der Waals surface area contributed by atoms with Gasteiger partial charge in [0.05, 0.1) is 6.07 Å². The number of carbonyl (C=O) groups is 2. The topological polar surface area (TPSA) is 112 Å². The van der Waals surface area contributed by atoms with E-state index < -0.39 is 11.0 Å². The normalized spacial score (nSPS) is 23.7. The predicted octanol–water partition coefficient (Wildman–Crippen LogP) is 1.88. The van der Waals surface area contributed by atoms with Gasteiger partial charge in [0.25, 0.3) is 0 Å². The first-order valence-corrected chi connectivity index (χ1v) is 10.1. The molecule has 7 heteroatoms. The first-order valence-electron chi connectivity index (χ1n) is 10.1. The van der Waals surface area contributed by atoms with Gasteiger partial charge in [-0.1, -0.05) is 25.3 Å². The van der Waals surface area contributed by atoms with Crippen molar-refractivity contribution >= 4 is 11.8 Å². The lowest BCUT2D eigenvalue weighted by atomic mass is 9.70. The summed E-state index contributed by atoms with van der Waals surface area (Å²) in [7, 11) is 0. The van der Waals surface area contributed by atoms with Gasteiger partial charge in [-0.15, -0.1) is 0 Å². The number of nitrogens with two attached hydrogens (primary N) is 1. The van der Waals surface area contributed by atoms with E-state index in [-0.39, 0.29) is 18.2 Å². The molecule has 1 aliphatic heterocycles. The molecule has 2 heterocycles. The molecule has 1 aliphatic carbocycles. The summed E-state index contributed by atoms with van der Waals surface area (Å²) in [6.45, 7) is 1.50. The lowest BCUT2D eigenvalue weighted by molar-refractivity contribution is -0.138. The molecule has 7 nitrogen and oxygen atoms in total. The first-order chi connectivity index (χ1) is 13.5. The summed E-state index contributed by atoms with van der Waals surface area (Å²) < 4.78 is 0. The Morgan fingerprint density at radius 2 is 2.07 bits per heavy atom. The maximum absolute atomic E-state index is 13.3. The third-order valence-corrected chi connectivity index (χ3v) is 6.37. The van der Waals surface area contributed by atoms with Crippen LogP contribution in [0.25, 0.3) is 0 Å². The number of carbonyl (C=O) groups excluding carboxylic acids is 2. The van der Waals surface area contributed by atoms with E-state index in [1.807, 2.05) is 12.1 Å². The maximum atomic E-state index is 13.3. The third-order valence-electron chi connectivity index (χ3n) is 6.37. The zero-order valence-electron chi connectivity index (χ0n) is 16.3. The summed E-state index contributed by atoms with van der Waals surface area (Å²) in [5.41, 5.74) is 5.17. The Bertz CT molecular complexity index is 731. The molecule has 0 bridgehead atoms. The number of primary amides is 1. The van der Waals surface area contributed by atoms with Gasteiger partial charge in [0.1, 0.15) is 5.54 Å². The minimum absolute atomic E-state index is 0.0969. The van der Waals surface area contributed by atoms with Gasteiger partial charge in [-0.3, -0.25) is 14.6 Å². The molecule has 3 rings (SSSR count). The molecule has 0 aromatic carbocycles. The first kappa shape index (κ1) is 20.3. The summed E-state index contributed by atoms with van der Waals surface area (Å²) in [5.74, 6) is -0.392. The molecule has 0 radical (unpaired) electrons. The fraction of sp³-hybridized carbons (Fsp3) is 0.619. The molecule has 3 N–H and O–H groups in total. The lowest BCUT2D eigenvalue weighted by Gasteiger charge is -2.38. The fourth-order valence-corrected chi connectivity index (χ4v) is 4.55. The van der Waals surface area contributed by atoms with Crippen molar-refractivity contribution in [1.82, 2.24) is 15.2 Å². The van der Waals surface area contributed by atoms with Crippen LogP contribution >= 0.6 is 0 Å². The SMILES string of the molecule is N#CC1(N(Cc2cccnc2)C(=O)CCC2(C(N)=O)CCCCC2)CCNC1. The van der Waals surface area contributed by atoms with Crippen LogP contribution in [-0.4, -0.2) is 40.3 Å². The van der Waals surface area contributed by atoms with Gasteiger partial charge in [0.2, 0.25) is 11.8 Å². The maximum Gasteiger partial charge on any atom is 0.224 e. The van der Waals surface area contributed by atoms with E-state index in [9.17, 15) is 14.9 Å². The fourth-order valence-electron chi connectivity index (χ4n) is 4.55. The summed E-state index contributed by atoms with van der Waals surface area (Å²) in [6.07, 6.45) is 9.26. The van der Waals surface area contributed by atoms with E-state index in [1.54, 1.807) is 17.3 Å². The van der Waals surface area contributed by atoms with Crippen LogP contribution in [0.3, 0.4) is 0 Å². The van der Waals surface area contributed by atoms with Gasteiger partial charge in [0.15, 0.2) is 0 Å². The average Bonchev–Trinajstić information content (AvgIpc) is 3.22. The zero-order valence-corrected chi connectivity index (χ0v) is 16.3. The van der Waals surface area contributed by atoms with Crippen LogP contribution in [0.5, 0.6) is 0 Å². The molecule has 1 atom stereocenters. The monoisotopic (exact) mass is 383 g/mol. The molecular weight excluding hydrogens is 354 g/mol. The Kier molecular flexibility index (Phi) is 6.30. The number of hydrogen-bond donors (Lipinski definition) is 2. The second-order valence-corrected chi connectivity index (χ2v) is 8.12. The Morgan fingerprint density at radius 3 is 2.64 bits per heavy atom. The van der Waals surface area contributed by atoms with E-state index in [0.29, 0.717) is 32.5 Å². The molecule has 1 aromatic rings. The molecule has 2 aliphatic rings. The number of nitrogens with one attached hydrogen (secondary N) is 1. The van der Waals surface area contributed by atoms with E-state index in [0.717, 1.165) is 37.7 Å². The van der Waals surface area contributed by atoms with E-state index in [4.69, 9.17) is 5.73 Å². The quantitative estimate of drug-likeness (QED) is 0.746. The van der Waals surface area contributed by atoms with Crippen LogP contribution in [0.4, 0.5) is 0 Å². The van der Waals surface area contributed by atoms with Crippen molar-refractivity contribution in [3.63, 3.8) is 0 Å². The smallest absolute Gasteiger partial charge is 0.224 e. The molecule has 150 valence electrons. The zero-order chi connectivity index (χ0) is 20.0. The van der Waals surface area contributed by atoms with Crippen molar-refractivity contribution in [2.75, 3.05) is 13.1 Å². The van der Waals surface area contributed by atoms with Gasteiger partial charge in [-0.25, -0.2) is 0 Å². The van der Waals surface area contributed by atoms with Gasteiger partial charge >= 0.3 is 0 Å². The van der Waals surface area contributed by atoms with E-state index >= 15 is 0 Å².